The van der Waals surface area contributed by atoms with Gasteiger partial charge in [0.1, 0.15) is 0 Å². The van der Waals surface area contributed by atoms with E-state index in [1.807, 2.05) is 50.4 Å². The fourth-order valence-electron chi connectivity index (χ4n) is 5.10. The fraction of sp³-hybridized carbons (Fsp3) is 0.372. The molecule has 0 saturated heterocycles. The van der Waals surface area contributed by atoms with Gasteiger partial charge in [0.15, 0.2) is 0 Å². The van der Waals surface area contributed by atoms with Gasteiger partial charge in [0.2, 0.25) is 5.71 Å². The van der Waals surface area contributed by atoms with Crippen LogP contribution in [0.25, 0.3) is 44.6 Å². The zero-order valence-electron chi connectivity index (χ0n) is 49.7. The predicted molar refractivity (Wildman–Crippen MR) is 206 cm³/mol. The summed E-state index contributed by atoms with van der Waals surface area (Å²) in [5.74, 6) is -3.66. The largest absolute Gasteiger partial charge is 0.486 e. The smallest absolute Gasteiger partial charge is 0.216 e. The van der Waals surface area contributed by atoms with Crippen LogP contribution in [0.1, 0.15) is 114 Å². The van der Waals surface area contributed by atoms with Crippen molar-refractivity contribution >= 4 is 35.3 Å². The molecular formula is C43H51IrN3OSi-2. The zero-order chi connectivity index (χ0) is 53.4. The fourth-order valence-corrected chi connectivity index (χ4v) is 6.51. The van der Waals surface area contributed by atoms with Crippen molar-refractivity contribution in [2.24, 2.45) is 5.92 Å². The van der Waals surface area contributed by atoms with Crippen molar-refractivity contribution in [2.75, 3.05) is 0 Å². The van der Waals surface area contributed by atoms with Gasteiger partial charge in [0.25, 0.3) is 0 Å². The molecule has 4 nitrogen and oxygen atoms in total. The molecule has 4 aromatic heterocycles. The number of aromatic nitrogens is 3. The molecule has 0 aliphatic rings. The second-order valence-corrected chi connectivity index (χ2v) is 17.5. The summed E-state index contributed by atoms with van der Waals surface area (Å²) < 4.78 is 183. The average Bonchev–Trinajstić information content (AvgIpc) is 3.59. The molecule has 0 N–H and O–H groups in total. The molecule has 49 heavy (non-hydrogen) atoms. The minimum absolute atomic E-state index is 0. The van der Waals surface area contributed by atoms with Crippen LogP contribution in [0.15, 0.2) is 83.5 Å². The normalized spacial score (nSPS) is 20.9. The van der Waals surface area contributed by atoms with Crippen LogP contribution >= 0.6 is 0 Å². The number of hydrogen-bond acceptors (Lipinski definition) is 4. The van der Waals surface area contributed by atoms with Crippen LogP contribution in [-0.2, 0) is 31.9 Å². The van der Waals surface area contributed by atoms with Gasteiger partial charge < -0.3 is 14.4 Å². The first-order valence-electron chi connectivity index (χ1n) is 26.2. The van der Waals surface area contributed by atoms with Crippen molar-refractivity contribution in [1.82, 2.24) is 15.0 Å². The van der Waals surface area contributed by atoms with Crippen molar-refractivity contribution in [3.8, 4) is 22.5 Å². The first-order chi connectivity index (χ1) is 31.5. The molecule has 0 saturated carbocycles. The average molecular weight is 868 g/mol. The summed E-state index contributed by atoms with van der Waals surface area (Å²) in [5.41, 5.74) is -3.20. The molecule has 4 heterocycles. The Balaban J connectivity index is 0.000000398. The SMILES string of the molecule is [2H]C([2H])([2H])C([2H])([2H])C([2H])(c1ccnc(-c2[c-]ccc3c2oc2nc(C(C([2H])([2H])[2H])(C([2H])([2H])[2H])C([2H])([2H])[2H])ccc23)c1)C([2H])([2H])C([2H])([2H])[2H].[2H]C([2H])(c1cc(-c2[c-]cccc2)ncc1[Si](C)(C)C)C(C)C.[Ir]. The van der Waals surface area contributed by atoms with Gasteiger partial charge in [-0.25, -0.2) is 4.98 Å². The van der Waals surface area contributed by atoms with E-state index in [-0.39, 0.29) is 59.3 Å². The first-order valence-corrected chi connectivity index (χ1v) is 18.7. The number of fused-ring (bicyclic) bond motifs is 3. The van der Waals surface area contributed by atoms with Gasteiger partial charge in [-0.2, -0.15) is 0 Å². The second-order valence-electron chi connectivity index (χ2n) is 12.5. The maximum atomic E-state index is 8.94. The Bertz CT molecular complexity index is 2780. The number of nitrogens with zero attached hydrogens (tertiary/aromatic N) is 3. The Kier molecular flexibility index (Phi) is 5.95. The summed E-state index contributed by atoms with van der Waals surface area (Å²) >= 11 is 0. The summed E-state index contributed by atoms with van der Waals surface area (Å²) in [7, 11) is -1.67. The third-order valence-corrected chi connectivity index (χ3v) is 9.39. The molecule has 0 fully saturated rings. The third-order valence-electron chi connectivity index (χ3n) is 7.38. The Hall–Kier alpha value is -3.44. The monoisotopic (exact) mass is 868 g/mol. The van der Waals surface area contributed by atoms with Gasteiger partial charge in [0.05, 0.1) is 13.7 Å². The molecule has 0 spiro atoms. The number of furan rings is 1. The van der Waals surface area contributed by atoms with Gasteiger partial charge in [-0.1, -0.05) is 102 Å². The molecular weight excluding hydrogens is 795 g/mol. The van der Waals surface area contributed by atoms with E-state index in [1.54, 1.807) is 0 Å². The summed E-state index contributed by atoms with van der Waals surface area (Å²) in [6.07, 6.45) is -6.04. The van der Waals surface area contributed by atoms with Crippen molar-refractivity contribution < 1.29 is 54.7 Å². The van der Waals surface area contributed by atoms with Gasteiger partial charge >= 0.3 is 0 Å². The van der Waals surface area contributed by atoms with Crippen molar-refractivity contribution in [2.45, 2.75) is 98.2 Å². The van der Waals surface area contributed by atoms with Crippen molar-refractivity contribution in [3.05, 3.63) is 108 Å². The predicted octanol–water partition coefficient (Wildman–Crippen LogP) is 11.3. The number of rotatable bonds is 8. The molecule has 6 rings (SSSR count). The van der Waals surface area contributed by atoms with E-state index in [0.29, 0.717) is 0 Å². The molecule has 0 atom stereocenters. The summed E-state index contributed by atoms with van der Waals surface area (Å²) in [6.45, 7) is -7.55. The van der Waals surface area contributed by atoms with Crippen LogP contribution in [0.5, 0.6) is 0 Å². The molecule has 0 aliphatic carbocycles. The number of benzene rings is 2. The van der Waals surface area contributed by atoms with Gasteiger partial charge in [-0.15, -0.1) is 54.1 Å². The molecule has 6 aromatic rings. The minimum Gasteiger partial charge on any atom is -0.486 e. The standard InChI is InChI=1S/C25H27N2O.C18H24NSi.Ir/c1-6-16(7-2)17-13-14-26-21(15-17)20-10-8-9-18-19-11-12-22(25(3,4)5)27-24(19)28-23(18)20;1-14(2)11-16-12-17(15-9-7-6-8-10-15)19-13-18(16)20(3,4)5;/h8-9,11-16H,6-7H2,1-5H3;6-9,12-14H,11H2,1-5H3;/q2*-1;/i1D3,2D3,3D3,4D3,5D3,6D2,7D2,16D;11D2;. The van der Waals surface area contributed by atoms with Gasteiger partial charge in [-0.3, -0.25) is 0 Å². The Morgan fingerprint density at radius 3 is 2.39 bits per heavy atom. The van der Waals surface area contributed by atoms with E-state index in [0.717, 1.165) is 46.4 Å². The van der Waals surface area contributed by atoms with Crippen LogP contribution < -0.4 is 5.19 Å². The maximum absolute atomic E-state index is 8.94. The van der Waals surface area contributed by atoms with Gasteiger partial charge in [-0.05, 0) is 65.7 Å². The van der Waals surface area contributed by atoms with Crippen LogP contribution in [0, 0.1) is 18.1 Å². The van der Waals surface area contributed by atoms with E-state index >= 15 is 0 Å². The van der Waals surface area contributed by atoms with Crippen molar-refractivity contribution in [3.63, 3.8) is 0 Å². The third kappa shape index (κ3) is 9.03. The first kappa shape index (κ1) is 18.2. The Morgan fingerprint density at radius 1 is 0.918 bits per heavy atom. The maximum Gasteiger partial charge on any atom is 0.216 e. The molecule has 6 heteroatoms. The summed E-state index contributed by atoms with van der Waals surface area (Å²) in [4.78, 5) is 12.8. The summed E-state index contributed by atoms with van der Waals surface area (Å²) in [5, 5.41) is 1.52. The summed E-state index contributed by atoms with van der Waals surface area (Å²) in [6, 6.07) is 22.5. The molecule has 0 bridgehead atoms. The van der Waals surface area contributed by atoms with Crippen LogP contribution in [0.2, 0.25) is 19.6 Å². The van der Waals surface area contributed by atoms with Crippen LogP contribution in [0.3, 0.4) is 0 Å². The quantitative estimate of drug-likeness (QED) is 0.113. The second kappa shape index (κ2) is 16.1. The molecule has 0 amide bonds. The van der Waals surface area contributed by atoms with E-state index < -0.39 is 84.0 Å². The molecule has 0 unspecified atom stereocenters. The van der Waals surface area contributed by atoms with Crippen LogP contribution in [0.4, 0.5) is 0 Å². The minimum atomic E-state index is -3.77. The Labute approximate surface area is 339 Å². The van der Waals surface area contributed by atoms with Crippen LogP contribution in [-0.4, -0.2) is 23.0 Å². The van der Waals surface area contributed by atoms with E-state index in [9.17, 15) is 0 Å². The van der Waals surface area contributed by atoms with Gasteiger partial charge in [0, 0.05) is 79.2 Å². The number of pyridine rings is 3. The number of hydrogen-bond donors (Lipinski definition) is 0. The van der Waals surface area contributed by atoms with E-state index in [2.05, 4.69) is 46.7 Å². The zero-order valence-corrected chi connectivity index (χ0v) is 31.1. The van der Waals surface area contributed by atoms with E-state index in [4.69, 9.17) is 34.6 Å². The van der Waals surface area contributed by atoms with Crippen molar-refractivity contribution in [1.29, 1.82) is 0 Å². The Morgan fingerprint density at radius 2 is 1.71 bits per heavy atom. The topological polar surface area (TPSA) is 51.8 Å². The molecule has 0 aliphatic heterocycles. The van der Waals surface area contributed by atoms with E-state index in [1.165, 1.54) is 18.2 Å². The molecule has 259 valence electrons. The molecule has 2 aromatic carbocycles. The molecule has 1 radical (unpaired) electrons.